The number of carbonyl (C=O) groups is 1. The first-order valence-electron chi connectivity index (χ1n) is 8.76. The lowest BCUT2D eigenvalue weighted by molar-refractivity contribution is 0.1000. The summed E-state index contributed by atoms with van der Waals surface area (Å²) in [6.45, 7) is 8.45. The van der Waals surface area contributed by atoms with E-state index in [0.717, 1.165) is 55.8 Å². The van der Waals surface area contributed by atoms with Gasteiger partial charge in [-0.3, -0.25) is 4.79 Å². The lowest BCUT2D eigenvalue weighted by atomic mass is 9.98. The van der Waals surface area contributed by atoms with Gasteiger partial charge < -0.3 is 15.0 Å². The van der Waals surface area contributed by atoms with Crippen molar-refractivity contribution < 1.29 is 9.53 Å². The summed E-state index contributed by atoms with van der Waals surface area (Å²) in [5.41, 5.74) is 10.6. The predicted octanol–water partition coefficient (Wildman–Crippen LogP) is 3.94. The first-order valence-corrected chi connectivity index (χ1v) is 8.76. The molecule has 0 unspecified atom stereocenters. The van der Waals surface area contributed by atoms with Gasteiger partial charge in [0.1, 0.15) is 0 Å². The van der Waals surface area contributed by atoms with Gasteiger partial charge in [0.15, 0.2) is 0 Å². The number of nitrogens with zero attached hydrogens (tertiary/aromatic N) is 1. The zero-order valence-electron chi connectivity index (χ0n) is 15.0. The van der Waals surface area contributed by atoms with Crippen molar-refractivity contribution in [1.29, 1.82) is 0 Å². The second kappa shape index (κ2) is 8.69. The van der Waals surface area contributed by atoms with Gasteiger partial charge in [-0.15, -0.1) is 0 Å². The van der Waals surface area contributed by atoms with E-state index in [-0.39, 0.29) is 5.91 Å². The topological polar surface area (TPSA) is 57.2 Å². The average molecular weight is 328 g/mol. The second-order valence-corrected chi connectivity index (χ2v) is 5.96. The standard InChI is InChI=1S/C20H28N2O2/c1-4-10-17-19(16-11-7-6-8-12-16)18(20(21)23)15(3)22(17)13-9-14-24-5-2/h6-8,11-12H,4-5,9-10,13-14H2,1-3H3,(H2,21,23). The fraction of sp³-hybridized carbons (Fsp3) is 0.450. The molecule has 0 aliphatic rings. The smallest absolute Gasteiger partial charge is 0.251 e. The molecule has 130 valence electrons. The highest BCUT2D eigenvalue weighted by Gasteiger charge is 2.23. The summed E-state index contributed by atoms with van der Waals surface area (Å²) in [4.78, 5) is 12.1. The molecule has 4 nitrogen and oxygen atoms in total. The van der Waals surface area contributed by atoms with Crippen LogP contribution in [-0.4, -0.2) is 23.7 Å². The number of ether oxygens (including phenoxy) is 1. The summed E-state index contributed by atoms with van der Waals surface area (Å²) in [7, 11) is 0. The van der Waals surface area contributed by atoms with Crippen LogP contribution in [0, 0.1) is 6.92 Å². The Morgan fingerprint density at radius 1 is 1.21 bits per heavy atom. The number of amides is 1. The van der Waals surface area contributed by atoms with Crippen LogP contribution in [0.25, 0.3) is 11.1 Å². The Hall–Kier alpha value is -2.07. The summed E-state index contributed by atoms with van der Waals surface area (Å²) < 4.78 is 7.71. The van der Waals surface area contributed by atoms with Crippen LogP contribution in [0.2, 0.25) is 0 Å². The van der Waals surface area contributed by atoms with Gasteiger partial charge in [0.05, 0.1) is 5.56 Å². The van der Waals surface area contributed by atoms with Gasteiger partial charge in [-0.1, -0.05) is 43.7 Å². The zero-order chi connectivity index (χ0) is 17.5. The van der Waals surface area contributed by atoms with Crippen molar-refractivity contribution in [3.63, 3.8) is 0 Å². The summed E-state index contributed by atoms with van der Waals surface area (Å²) >= 11 is 0. The Balaban J connectivity index is 2.52. The van der Waals surface area contributed by atoms with E-state index in [1.54, 1.807) is 0 Å². The number of aromatic nitrogens is 1. The van der Waals surface area contributed by atoms with E-state index in [4.69, 9.17) is 10.5 Å². The molecule has 0 saturated carbocycles. The van der Waals surface area contributed by atoms with Crippen molar-refractivity contribution in [2.45, 2.75) is 46.6 Å². The molecule has 2 rings (SSSR count). The molecular weight excluding hydrogens is 300 g/mol. The predicted molar refractivity (Wildman–Crippen MR) is 98.2 cm³/mol. The van der Waals surface area contributed by atoms with Crippen molar-refractivity contribution >= 4 is 5.91 Å². The molecule has 2 N–H and O–H groups in total. The Morgan fingerprint density at radius 3 is 2.50 bits per heavy atom. The Bertz CT molecular complexity index is 675. The fourth-order valence-electron chi connectivity index (χ4n) is 3.28. The number of hydrogen-bond donors (Lipinski definition) is 1. The number of primary amides is 1. The van der Waals surface area contributed by atoms with Gasteiger partial charge in [0.25, 0.3) is 5.91 Å². The van der Waals surface area contributed by atoms with E-state index in [1.807, 2.05) is 44.2 Å². The van der Waals surface area contributed by atoms with E-state index < -0.39 is 0 Å². The largest absolute Gasteiger partial charge is 0.382 e. The van der Waals surface area contributed by atoms with Crippen molar-refractivity contribution in [2.75, 3.05) is 13.2 Å². The van der Waals surface area contributed by atoms with Crippen molar-refractivity contribution in [2.24, 2.45) is 5.73 Å². The van der Waals surface area contributed by atoms with Gasteiger partial charge in [-0.2, -0.15) is 0 Å². The van der Waals surface area contributed by atoms with Crippen molar-refractivity contribution in [1.82, 2.24) is 4.57 Å². The molecule has 0 radical (unpaired) electrons. The third-order valence-electron chi connectivity index (χ3n) is 4.30. The SMILES string of the molecule is CCCc1c(-c2ccccc2)c(C(N)=O)c(C)n1CCCOCC. The average Bonchev–Trinajstić information content (AvgIpc) is 2.85. The van der Waals surface area contributed by atoms with E-state index in [0.29, 0.717) is 5.56 Å². The first-order chi connectivity index (χ1) is 11.6. The fourth-order valence-corrected chi connectivity index (χ4v) is 3.28. The lowest BCUT2D eigenvalue weighted by Crippen LogP contribution is -2.13. The van der Waals surface area contributed by atoms with Crippen LogP contribution in [0.5, 0.6) is 0 Å². The quantitative estimate of drug-likeness (QED) is 0.709. The molecule has 0 atom stereocenters. The number of nitrogens with two attached hydrogens (primary N) is 1. The maximum atomic E-state index is 12.1. The van der Waals surface area contributed by atoms with Gasteiger partial charge in [-0.25, -0.2) is 0 Å². The highest BCUT2D eigenvalue weighted by Crippen LogP contribution is 2.33. The van der Waals surface area contributed by atoms with Crippen LogP contribution in [0.15, 0.2) is 30.3 Å². The minimum absolute atomic E-state index is 0.354. The highest BCUT2D eigenvalue weighted by atomic mass is 16.5. The third-order valence-corrected chi connectivity index (χ3v) is 4.30. The maximum absolute atomic E-state index is 12.1. The molecule has 0 aliphatic carbocycles. The van der Waals surface area contributed by atoms with Crippen LogP contribution in [0.3, 0.4) is 0 Å². The molecule has 0 fully saturated rings. The Labute approximate surface area is 144 Å². The lowest BCUT2D eigenvalue weighted by Gasteiger charge is -2.13. The van der Waals surface area contributed by atoms with Crippen LogP contribution in [0.1, 0.15) is 48.4 Å². The summed E-state index contributed by atoms with van der Waals surface area (Å²) in [5.74, 6) is -0.354. The maximum Gasteiger partial charge on any atom is 0.251 e. The molecule has 2 aromatic rings. The molecule has 0 saturated heterocycles. The van der Waals surface area contributed by atoms with E-state index >= 15 is 0 Å². The number of carbonyl (C=O) groups excluding carboxylic acids is 1. The van der Waals surface area contributed by atoms with Gasteiger partial charge in [-0.05, 0) is 32.3 Å². The summed E-state index contributed by atoms with van der Waals surface area (Å²) in [5, 5.41) is 0. The molecule has 0 bridgehead atoms. The molecule has 1 heterocycles. The van der Waals surface area contributed by atoms with Crippen LogP contribution >= 0.6 is 0 Å². The summed E-state index contributed by atoms with van der Waals surface area (Å²) in [6, 6.07) is 10.1. The van der Waals surface area contributed by atoms with Crippen LogP contribution in [-0.2, 0) is 17.7 Å². The number of rotatable bonds is 9. The number of benzene rings is 1. The monoisotopic (exact) mass is 328 g/mol. The molecule has 1 amide bonds. The van der Waals surface area contributed by atoms with Crippen molar-refractivity contribution in [3.8, 4) is 11.1 Å². The van der Waals surface area contributed by atoms with Crippen molar-refractivity contribution in [3.05, 3.63) is 47.3 Å². The van der Waals surface area contributed by atoms with Gasteiger partial charge >= 0.3 is 0 Å². The Kier molecular flexibility index (Phi) is 6.62. The van der Waals surface area contributed by atoms with E-state index in [1.165, 1.54) is 5.69 Å². The molecular formula is C20H28N2O2. The highest BCUT2D eigenvalue weighted by molar-refractivity contribution is 6.02. The molecule has 1 aromatic carbocycles. The normalized spacial score (nSPS) is 11.0. The zero-order valence-corrected chi connectivity index (χ0v) is 15.0. The number of hydrogen-bond acceptors (Lipinski definition) is 2. The molecule has 0 aliphatic heterocycles. The molecule has 24 heavy (non-hydrogen) atoms. The Morgan fingerprint density at radius 2 is 1.92 bits per heavy atom. The second-order valence-electron chi connectivity index (χ2n) is 5.96. The van der Waals surface area contributed by atoms with Gasteiger partial charge in [0, 0.05) is 36.7 Å². The minimum Gasteiger partial charge on any atom is -0.382 e. The van der Waals surface area contributed by atoms with E-state index in [9.17, 15) is 4.79 Å². The minimum atomic E-state index is -0.354. The van der Waals surface area contributed by atoms with Gasteiger partial charge in [0.2, 0.25) is 0 Å². The molecule has 4 heteroatoms. The molecule has 1 aromatic heterocycles. The third kappa shape index (κ3) is 3.88. The first kappa shape index (κ1) is 18.3. The summed E-state index contributed by atoms with van der Waals surface area (Å²) in [6.07, 6.45) is 2.87. The van der Waals surface area contributed by atoms with Crippen LogP contribution in [0.4, 0.5) is 0 Å². The van der Waals surface area contributed by atoms with E-state index in [2.05, 4.69) is 11.5 Å². The van der Waals surface area contributed by atoms with Crippen LogP contribution < -0.4 is 5.73 Å². The molecule has 0 spiro atoms.